The first-order valence-corrected chi connectivity index (χ1v) is 6.32. The minimum Gasteiger partial charge on any atom is -0.508 e. The fraction of sp³-hybridized carbons (Fsp3) is 0.500. The largest absolute Gasteiger partial charge is 0.508 e. The first kappa shape index (κ1) is 12.9. The lowest BCUT2D eigenvalue weighted by molar-refractivity contribution is -0.143. The van der Waals surface area contributed by atoms with Crippen molar-refractivity contribution in [1.29, 1.82) is 0 Å². The van der Waals surface area contributed by atoms with Gasteiger partial charge in [0.25, 0.3) is 0 Å². The van der Waals surface area contributed by atoms with Crippen LogP contribution in [0.15, 0.2) is 24.3 Å². The maximum Gasteiger partial charge on any atom is 0.314 e. The number of hydrogen-bond acceptors (Lipinski definition) is 4. The van der Waals surface area contributed by atoms with Crippen molar-refractivity contribution in [2.24, 2.45) is 0 Å². The third kappa shape index (κ3) is 2.82. The van der Waals surface area contributed by atoms with E-state index in [0.717, 1.165) is 31.4 Å². The molecule has 0 saturated carbocycles. The van der Waals surface area contributed by atoms with Gasteiger partial charge in [0.1, 0.15) is 5.75 Å². The zero-order valence-corrected chi connectivity index (χ0v) is 10.6. The molecule has 0 amide bonds. The van der Waals surface area contributed by atoms with E-state index in [4.69, 9.17) is 4.74 Å². The molecule has 1 aromatic carbocycles. The molecule has 98 valence electrons. The summed E-state index contributed by atoms with van der Waals surface area (Å²) in [7, 11) is 1.42. The molecule has 2 atom stereocenters. The molecule has 1 aliphatic rings. The Morgan fingerprint density at radius 3 is 2.67 bits per heavy atom. The first-order chi connectivity index (χ1) is 8.72. The number of rotatable bonds is 3. The smallest absolute Gasteiger partial charge is 0.314 e. The summed E-state index contributed by atoms with van der Waals surface area (Å²) in [5, 5.41) is 12.7. The average Bonchev–Trinajstić information content (AvgIpc) is 2.42. The van der Waals surface area contributed by atoms with Gasteiger partial charge in [0, 0.05) is 6.04 Å². The second-order valence-corrected chi connectivity index (χ2v) is 4.65. The number of nitrogens with one attached hydrogen (secondary N) is 1. The van der Waals surface area contributed by atoms with Gasteiger partial charge < -0.3 is 15.2 Å². The summed E-state index contributed by atoms with van der Waals surface area (Å²) in [5.74, 6) is -0.310. The molecular formula is C14H19NO3. The second-order valence-electron chi connectivity index (χ2n) is 4.65. The Morgan fingerprint density at radius 1 is 1.39 bits per heavy atom. The topological polar surface area (TPSA) is 58.6 Å². The SMILES string of the molecule is COC(=O)[C@H](c1ccc(O)cc1)[C@H]1CCCCN1. The molecule has 0 unspecified atom stereocenters. The number of ether oxygens (including phenoxy) is 1. The van der Waals surface area contributed by atoms with Gasteiger partial charge in [0.15, 0.2) is 0 Å². The van der Waals surface area contributed by atoms with Crippen molar-refractivity contribution >= 4 is 5.97 Å². The highest BCUT2D eigenvalue weighted by Gasteiger charge is 2.31. The van der Waals surface area contributed by atoms with Crippen LogP contribution in [0.2, 0.25) is 0 Å². The third-order valence-corrected chi connectivity index (χ3v) is 3.46. The molecule has 1 aromatic rings. The van der Waals surface area contributed by atoms with E-state index in [1.165, 1.54) is 7.11 Å². The molecular weight excluding hydrogens is 230 g/mol. The lowest BCUT2D eigenvalue weighted by Gasteiger charge is -2.30. The number of hydrogen-bond donors (Lipinski definition) is 2. The number of phenolic OH excluding ortho intramolecular Hbond substituents is 1. The lowest BCUT2D eigenvalue weighted by atomic mass is 9.86. The highest BCUT2D eigenvalue weighted by atomic mass is 16.5. The Bertz CT molecular complexity index is 396. The minimum absolute atomic E-state index is 0.121. The van der Waals surface area contributed by atoms with Crippen molar-refractivity contribution in [3.8, 4) is 5.75 Å². The van der Waals surface area contributed by atoms with Crippen molar-refractivity contribution in [3.63, 3.8) is 0 Å². The molecule has 0 radical (unpaired) electrons. The minimum atomic E-state index is -0.295. The zero-order chi connectivity index (χ0) is 13.0. The number of aromatic hydroxyl groups is 1. The van der Waals surface area contributed by atoms with Crippen LogP contribution in [-0.4, -0.2) is 30.8 Å². The Hall–Kier alpha value is -1.55. The van der Waals surface area contributed by atoms with Gasteiger partial charge in [-0.25, -0.2) is 0 Å². The van der Waals surface area contributed by atoms with Crippen LogP contribution in [0.5, 0.6) is 5.75 Å². The Morgan fingerprint density at radius 2 is 2.11 bits per heavy atom. The molecule has 1 fully saturated rings. The van der Waals surface area contributed by atoms with Gasteiger partial charge in [-0.1, -0.05) is 18.6 Å². The molecule has 0 spiro atoms. The quantitative estimate of drug-likeness (QED) is 0.802. The summed E-state index contributed by atoms with van der Waals surface area (Å²) < 4.78 is 4.91. The van der Waals surface area contributed by atoms with Crippen molar-refractivity contribution in [2.75, 3.05) is 13.7 Å². The van der Waals surface area contributed by atoms with E-state index >= 15 is 0 Å². The average molecular weight is 249 g/mol. The molecule has 1 saturated heterocycles. The normalized spacial score (nSPS) is 21.3. The third-order valence-electron chi connectivity index (χ3n) is 3.46. The fourth-order valence-corrected chi connectivity index (χ4v) is 2.50. The van der Waals surface area contributed by atoms with Gasteiger partial charge in [0.2, 0.25) is 0 Å². The van der Waals surface area contributed by atoms with E-state index in [1.54, 1.807) is 24.3 Å². The van der Waals surface area contributed by atoms with Crippen molar-refractivity contribution in [2.45, 2.75) is 31.2 Å². The van der Waals surface area contributed by atoms with E-state index in [-0.39, 0.29) is 23.7 Å². The van der Waals surface area contributed by atoms with Gasteiger partial charge in [0.05, 0.1) is 13.0 Å². The molecule has 1 heterocycles. The van der Waals surface area contributed by atoms with Crippen LogP contribution in [0.4, 0.5) is 0 Å². The number of piperidine rings is 1. The van der Waals surface area contributed by atoms with Crippen LogP contribution >= 0.6 is 0 Å². The zero-order valence-electron chi connectivity index (χ0n) is 10.6. The summed E-state index contributed by atoms with van der Waals surface area (Å²) in [5.41, 5.74) is 0.888. The maximum atomic E-state index is 12.0. The molecule has 1 aliphatic heterocycles. The van der Waals surface area contributed by atoms with Gasteiger partial charge in [-0.15, -0.1) is 0 Å². The van der Waals surface area contributed by atoms with Gasteiger partial charge in [-0.05, 0) is 37.1 Å². The molecule has 2 N–H and O–H groups in total. The number of benzene rings is 1. The van der Waals surface area contributed by atoms with E-state index in [1.807, 2.05) is 0 Å². The first-order valence-electron chi connectivity index (χ1n) is 6.32. The number of methoxy groups -OCH3 is 1. The number of esters is 1. The molecule has 2 rings (SSSR count). The summed E-state index contributed by atoms with van der Waals surface area (Å²) in [6.45, 7) is 0.941. The van der Waals surface area contributed by atoms with E-state index in [0.29, 0.717) is 0 Å². The molecule has 4 nitrogen and oxygen atoms in total. The Labute approximate surface area is 107 Å². The lowest BCUT2D eigenvalue weighted by Crippen LogP contribution is -2.42. The van der Waals surface area contributed by atoms with E-state index in [2.05, 4.69) is 5.32 Å². The summed E-state index contributed by atoms with van der Waals surface area (Å²) in [4.78, 5) is 12.0. The fourth-order valence-electron chi connectivity index (χ4n) is 2.50. The summed E-state index contributed by atoms with van der Waals surface area (Å²) >= 11 is 0. The molecule has 0 aromatic heterocycles. The number of carbonyl (C=O) groups excluding carboxylic acids is 1. The van der Waals surface area contributed by atoms with Gasteiger partial charge >= 0.3 is 5.97 Å². The van der Waals surface area contributed by atoms with Crippen molar-refractivity contribution in [3.05, 3.63) is 29.8 Å². The van der Waals surface area contributed by atoms with Gasteiger partial charge in [-0.3, -0.25) is 4.79 Å². The van der Waals surface area contributed by atoms with Crippen LogP contribution < -0.4 is 5.32 Å². The monoisotopic (exact) mass is 249 g/mol. The van der Waals surface area contributed by atoms with Crippen molar-refractivity contribution < 1.29 is 14.6 Å². The van der Waals surface area contributed by atoms with Crippen LogP contribution in [0.25, 0.3) is 0 Å². The highest BCUT2D eigenvalue weighted by molar-refractivity contribution is 5.79. The summed E-state index contributed by atoms with van der Waals surface area (Å²) in [6, 6.07) is 6.90. The second kappa shape index (κ2) is 5.87. The van der Waals surface area contributed by atoms with Crippen LogP contribution in [0.1, 0.15) is 30.7 Å². The summed E-state index contributed by atoms with van der Waals surface area (Å²) in [6.07, 6.45) is 3.25. The predicted molar refractivity (Wildman–Crippen MR) is 68.5 cm³/mol. The van der Waals surface area contributed by atoms with Crippen LogP contribution in [0, 0.1) is 0 Å². The predicted octanol–water partition coefficient (Wildman–Crippen LogP) is 1.79. The Balaban J connectivity index is 2.23. The molecule has 0 bridgehead atoms. The van der Waals surface area contributed by atoms with Gasteiger partial charge in [-0.2, -0.15) is 0 Å². The van der Waals surface area contributed by atoms with Crippen LogP contribution in [0.3, 0.4) is 0 Å². The maximum absolute atomic E-state index is 12.0. The molecule has 4 heteroatoms. The molecule has 0 aliphatic carbocycles. The standard InChI is InChI=1S/C14H19NO3/c1-18-14(17)13(12-4-2-3-9-15-12)10-5-7-11(16)8-6-10/h5-8,12-13,15-16H,2-4,9H2,1H3/t12-,13-/m1/s1. The van der Waals surface area contributed by atoms with E-state index < -0.39 is 0 Å². The number of phenols is 1. The van der Waals surface area contributed by atoms with Crippen LogP contribution in [-0.2, 0) is 9.53 Å². The molecule has 18 heavy (non-hydrogen) atoms. The Kier molecular flexibility index (Phi) is 4.20. The number of carbonyl (C=O) groups is 1. The van der Waals surface area contributed by atoms with Crippen molar-refractivity contribution in [1.82, 2.24) is 5.32 Å². The highest BCUT2D eigenvalue weighted by Crippen LogP contribution is 2.27. The van der Waals surface area contributed by atoms with E-state index in [9.17, 15) is 9.90 Å².